The van der Waals surface area contributed by atoms with Crippen molar-refractivity contribution in [2.24, 2.45) is 0 Å². The molecule has 1 amide bonds. The monoisotopic (exact) mass is 441 g/mol. The number of hydrogen-bond acceptors (Lipinski definition) is 4. The summed E-state index contributed by atoms with van der Waals surface area (Å²) in [5.74, 6) is 0.975. The number of aromatic nitrogens is 1. The Morgan fingerprint density at radius 1 is 1.09 bits per heavy atom. The molecule has 2 aromatic carbocycles. The van der Waals surface area contributed by atoms with Crippen LogP contribution in [0.2, 0.25) is 0 Å². The molecule has 5 nitrogen and oxygen atoms in total. The first-order valence-electron chi connectivity index (χ1n) is 11.8. The van der Waals surface area contributed by atoms with Crippen LogP contribution < -0.4 is 4.74 Å². The van der Waals surface area contributed by atoms with Crippen LogP contribution in [-0.4, -0.2) is 61.0 Å². The lowest BCUT2D eigenvalue weighted by atomic mass is 9.97. The van der Waals surface area contributed by atoms with Crippen molar-refractivity contribution < 1.29 is 9.53 Å². The number of nitrogens with zero attached hydrogens (tertiary/aromatic N) is 3. The molecule has 3 aromatic rings. The van der Waals surface area contributed by atoms with Crippen LogP contribution in [-0.2, 0) is 6.42 Å². The summed E-state index contributed by atoms with van der Waals surface area (Å²) in [6, 6.07) is 16.4. The number of amides is 1. The number of carbonyl (C=O) groups excluding carboxylic acids is 1. The van der Waals surface area contributed by atoms with Gasteiger partial charge in [0, 0.05) is 18.5 Å². The predicted octanol–water partition coefficient (Wildman–Crippen LogP) is 4.90. The fourth-order valence-corrected chi connectivity index (χ4v) is 5.15. The average Bonchev–Trinajstić information content (AvgIpc) is 3.24. The smallest absolute Gasteiger partial charge is 0.254 e. The number of benzene rings is 2. The van der Waals surface area contributed by atoms with Gasteiger partial charge in [-0.25, -0.2) is 4.98 Å². The summed E-state index contributed by atoms with van der Waals surface area (Å²) in [5.41, 5.74) is 6.11. The van der Waals surface area contributed by atoms with Gasteiger partial charge < -0.3 is 14.5 Å². The van der Waals surface area contributed by atoms with Crippen LogP contribution >= 0.6 is 0 Å². The topological polar surface area (TPSA) is 45.7 Å². The molecule has 0 bridgehead atoms. The zero-order chi connectivity index (χ0) is 22.9. The van der Waals surface area contributed by atoms with Gasteiger partial charge in [0.05, 0.1) is 23.9 Å². The Balaban J connectivity index is 1.56. The van der Waals surface area contributed by atoms with Gasteiger partial charge in [0.2, 0.25) is 0 Å². The molecule has 5 rings (SSSR count). The zero-order valence-electron chi connectivity index (χ0n) is 19.7. The third-order valence-electron chi connectivity index (χ3n) is 7.17. The van der Waals surface area contributed by atoms with Gasteiger partial charge in [0.15, 0.2) is 0 Å². The van der Waals surface area contributed by atoms with Gasteiger partial charge in [-0.05, 0) is 86.8 Å². The summed E-state index contributed by atoms with van der Waals surface area (Å²) in [6.45, 7) is 2.07. The molecule has 1 aromatic heterocycles. The van der Waals surface area contributed by atoms with Crippen LogP contribution in [0.5, 0.6) is 5.75 Å². The Hall–Kier alpha value is -3.18. The minimum Gasteiger partial charge on any atom is -0.497 e. The van der Waals surface area contributed by atoms with E-state index in [0.717, 1.165) is 77.8 Å². The molecule has 33 heavy (non-hydrogen) atoms. The molecule has 0 unspecified atom stereocenters. The van der Waals surface area contributed by atoms with Crippen molar-refractivity contribution in [2.75, 3.05) is 34.3 Å². The van der Waals surface area contributed by atoms with E-state index in [1.54, 1.807) is 7.11 Å². The van der Waals surface area contributed by atoms with Crippen LogP contribution in [0, 0.1) is 0 Å². The minimum atomic E-state index is 0.130. The van der Waals surface area contributed by atoms with Crippen molar-refractivity contribution >= 4 is 28.5 Å². The normalized spacial score (nSPS) is 18.0. The molecule has 0 atom stereocenters. The van der Waals surface area contributed by atoms with Gasteiger partial charge in [0.1, 0.15) is 5.75 Å². The maximum Gasteiger partial charge on any atom is 0.254 e. The second-order valence-corrected chi connectivity index (χ2v) is 9.22. The van der Waals surface area contributed by atoms with Crippen molar-refractivity contribution in [1.29, 1.82) is 0 Å². The standard InChI is InChI=1S/C28H31N3O2/c1-30-16-14-21(15-17-30)31(2)28(32)26-23-6-4-5-7-25(23)29-27-20(10-13-24(26)27)18-19-8-11-22(33-3)12-9-19/h4-9,11-12,18,21H,10,13-17H2,1-3H3/b20-18-. The summed E-state index contributed by atoms with van der Waals surface area (Å²) in [7, 11) is 5.80. The first kappa shape index (κ1) is 21.7. The highest BCUT2D eigenvalue weighted by Gasteiger charge is 2.31. The van der Waals surface area contributed by atoms with Gasteiger partial charge in [0.25, 0.3) is 5.91 Å². The van der Waals surface area contributed by atoms with Crippen LogP contribution in [0.25, 0.3) is 22.6 Å². The molecule has 0 spiro atoms. The maximum atomic E-state index is 13.9. The van der Waals surface area contributed by atoms with E-state index in [1.807, 2.05) is 48.3 Å². The van der Waals surface area contributed by atoms with E-state index in [-0.39, 0.29) is 11.9 Å². The number of ether oxygens (including phenoxy) is 1. The fraction of sp³-hybridized carbons (Fsp3) is 0.357. The van der Waals surface area contributed by atoms with E-state index < -0.39 is 0 Å². The molecule has 1 aliphatic heterocycles. The molecule has 2 aliphatic rings. The number of carbonyl (C=O) groups is 1. The lowest BCUT2D eigenvalue weighted by Crippen LogP contribution is -2.44. The number of fused-ring (bicyclic) bond motifs is 2. The quantitative estimate of drug-likeness (QED) is 0.578. The largest absolute Gasteiger partial charge is 0.497 e. The number of pyridine rings is 1. The van der Waals surface area contributed by atoms with Gasteiger partial charge in [-0.15, -0.1) is 0 Å². The molecular formula is C28H31N3O2. The summed E-state index contributed by atoms with van der Waals surface area (Å²) in [5, 5.41) is 0.965. The average molecular weight is 442 g/mol. The molecule has 5 heteroatoms. The van der Waals surface area contributed by atoms with Crippen LogP contribution in [0.4, 0.5) is 0 Å². The summed E-state index contributed by atoms with van der Waals surface area (Å²) < 4.78 is 5.29. The van der Waals surface area contributed by atoms with E-state index in [1.165, 1.54) is 5.57 Å². The van der Waals surface area contributed by atoms with E-state index in [2.05, 4.69) is 30.2 Å². The Kier molecular flexibility index (Phi) is 5.90. The van der Waals surface area contributed by atoms with Crippen LogP contribution in [0.1, 0.15) is 46.4 Å². The first-order valence-corrected chi connectivity index (χ1v) is 11.8. The highest BCUT2D eigenvalue weighted by molar-refractivity contribution is 6.09. The number of allylic oxidation sites excluding steroid dienone is 1. The van der Waals surface area contributed by atoms with Crippen LogP contribution in [0.15, 0.2) is 48.5 Å². The maximum absolute atomic E-state index is 13.9. The zero-order valence-corrected chi connectivity index (χ0v) is 19.7. The van der Waals surface area contributed by atoms with Crippen molar-refractivity contribution in [3.63, 3.8) is 0 Å². The van der Waals surface area contributed by atoms with E-state index in [9.17, 15) is 4.79 Å². The molecule has 0 N–H and O–H groups in total. The number of hydrogen-bond donors (Lipinski definition) is 0. The minimum absolute atomic E-state index is 0.130. The highest BCUT2D eigenvalue weighted by Crippen LogP contribution is 2.38. The predicted molar refractivity (Wildman–Crippen MR) is 134 cm³/mol. The molecule has 170 valence electrons. The number of rotatable bonds is 4. The summed E-state index contributed by atoms with van der Waals surface area (Å²) in [4.78, 5) is 23.2. The van der Waals surface area contributed by atoms with Gasteiger partial charge >= 0.3 is 0 Å². The third kappa shape index (κ3) is 4.13. The number of piperidine rings is 1. The SMILES string of the molecule is COc1ccc(/C=C2/CCc3c2nc2ccccc2c3C(=O)N(C)C2CCN(C)CC2)cc1. The van der Waals surface area contributed by atoms with Crippen molar-refractivity contribution in [3.8, 4) is 5.75 Å². The summed E-state index contributed by atoms with van der Waals surface area (Å²) in [6.07, 6.45) is 5.97. The molecule has 2 heterocycles. The molecule has 1 saturated heterocycles. The molecule has 1 aliphatic carbocycles. The second-order valence-electron chi connectivity index (χ2n) is 9.22. The lowest BCUT2D eigenvalue weighted by Gasteiger charge is -2.35. The Bertz CT molecular complexity index is 1210. The number of likely N-dealkylation sites (tertiary alicyclic amines) is 1. The number of methoxy groups -OCH3 is 1. The second kappa shape index (κ2) is 8.99. The lowest BCUT2D eigenvalue weighted by molar-refractivity contribution is 0.0660. The van der Waals surface area contributed by atoms with Crippen molar-refractivity contribution in [2.45, 2.75) is 31.7 Å². The Labute approximate surface area is 195 Å². The van der Waals surface area contributed by atoms with Crippen molar-refractivity contribution in [1.82, 2.24) is 14.8 Å². The highest BCUT2D eigenvalue weighted by atomic mass is 16.5. The molecule has 0 saturated carbocycles. The molecular weight excluding hydrogens is 410 g/mol. The van der Waals surface area contributed by atoms with Gasteiger partial charge in [-0.2, -0.15) is 0 Å². The van der Waals surface area contributed by atoms with E-state index in [0.29, 0.717) is 0 Å². The Morgan fingerprint density at radius 2 is 1.82 bits per heavy atom. The summed E-state index contributed by atoms with van der Waals surface area (Å²) >= 11 is 0. The van der Waals surface area contributed by atoms with Gasteiger partial charge in [-0.3, -0.25) is 4.79 Å². The fourth-order valence-electron chi connectivity index (χ4n) is 5.15. The van der Waals surface area contributed by atoms with Crippen LogP contribution in [0.3, 0.4) is 0 Å². The van der Waals surface area contributed by atoms with E-state index >= 15 is 0 Å². The molecule has 0 radical (unpaired) electrons. The van der Waals surface area contributed by atoms with Crippen molar-refractivity contribution in [3.05, 3.63) is 70.9 Å². The third-order valence-corrected chi connectivity index (χ3v) is 7.17. The first-order chi connectivity index (χ1) is 16.0. The molecule has 1 fully saturated rings. The van der Waals surface area contributed by atoms with Gasteiger partial charge in [-0.1, -0.05) is 30.3 Å². The Morgan fingerprint density at radius 3 is 2.55 bits per heavy atom. The number of para-hydroxylation sites is 1. The van der Waals surface area contributed by atoms with E-state index in [4.69, 9.17) is 9.72 Å².